The highest BCUT2D eigenvalue weighted by molar-refractivity contribution is 9.11. The second-order valence-electron chi connectivity index (χ2n) is 7.31. The molecule has 0 spiro atoms. The number of rotatable bonds is 4. The van der Waals surface area contributed by atoms with Gasteiger partial charge in [-0.2, -0.15) is 0 Å². The highest BCUT2D eigenvalue weighted by Crippen LogP contribution is 2.26. The van der Waals surface area contributed by atoms with Crippen molar-refractivity contribution in [2.75, 3.05) is 13.1 Å². The minimum Gasteiger partial charge on any atom is -0.292 e. The van der Waals surface area contributed by atoms with Crippen molar-refractivity contribution >= 4 is 65.4 Å². The van der Waals surface area contributed by atoms with E-state index in [9.17, 15) is 14.4 Å². The molecule has 0 N–H and O–H groups in total. The van der Waals surface area contributed by atoms with Crippen molar-refractivity contribution in [3.63, 3.8) is 0 Å². The number of hydrogen-bond acceptors (Lipinski definition) is 3. The van der Waals surface area contributed by atoms with Gasteiger partial charge in [0.2, 0.25) is 0 Å². The van der Waals surface area contributed by atoms with Crippen molar-refractivity contribution in [1.29, 1.82) is 0 Å². The van der Waals surface area contributed by atoms with Gasteiger partial charge in [-0.1, -0.05) is 72.1 Å². The lowest BCUT2D eigenvalue weighted by Crippen LogP contribution is -2.32. The van der Waals surface area contributed by atoms with Crippen molar-refractivity contribution in [3.8, 4) is 0 Å². The lowest BCUT2D eigenvalue weighted by atomic mass is 10.1. The van der Waals surface area contributed by atoms with Crippen LogP contribution in [-0.2, 0) is 0 Å². The van der Waals surface area contributed by atoms with Gasteiger partial charge in [-0.05, 0) is 48.5 Å². The fourth-order valence-corrected chi connectivity index (χ4v) is 4.74. The standard InChI is InChI=1S/C25H17Br3N2O3/c26-19-7-1-4-16(12-19)22(31)15-23-29(24(32)17-5-2-8-20(27)13-17)10-11-30(23)25(33)18-6-3-9-21(28)14-18/h1-9,12-15H,10-11H2. The number of ketones is 1. The predicted octanol–water partition coefficient (Wildman–Crippen LogP) is 6.30. The molecule has 33 heavy (non-hydrogen) atoms. The third-order valence-electron chi connectivity index (χ3n) is 5.10. The summed E-state index contributed by atoms with van der Waals surface area (Å²) in [6, 6.07) is 21.0. The Morgan fingerprint density at radius 2 is 1.03 bits per heavy atom. The van der Waals surface area contributed by atoms with Gasteiger partial charge >= 0.3 is 0 Å². The minimum atomic E-state index is -0.299. The van der Waals surface area contributed by atoms with Crippen molar-refractivity contribution in [2.24, 2.45) is 0 Å². The van der Waals surface area contributed by atoms with Crippen LogP contribution in [-0.4, -0.2) is 40.5 Å². The Balaban J connectivity index is 1.74. The SMILES string of the molecule is O=C(C=C1N(C(=O)c2cccc(Br)c2)CCN1C(=O)c1cccc(Br)c1)c1cccc(Br)c1. The van der Waals surface area contributed by atoms with Crippen LogP contribution in [0, 0.1) is 0 Å². The quantitative estimate of drug-likeness (QED) is 0.251. The molecule has 3 aromatic rings. The number of amides is 2. The molecule has 0 unspecified atom stereocenters. The van der Waals surface area contributed by atoms with Gasteiger partial charge < -0.3 is 0 Å². The fraction of sp³-hybridized carbons (Fsp3) is 0.0800. The molecule has 0 saturated carbocycles. The zero-order valence-corrected chi connectivity index (χ0v) is 21.9. The van der Waals surface area contributed by atoms with Gasteiger partial charge in [0.1, 0.15) is 5.82 Å². The van der Waals surface area contributed by atoms with E-state index in [1.807, 2.05) is 18.2 Å². The second-order valence-corrected chi connectivity index (χ2v) is 10.1. The first kappa shape index (κ1) is 23.6. The first-order valence-electron chi connectivity index (χ1n) is 10.00. The molecule has 0 radical (unpaired) electrons. The Kier molecular flexibility index (Phi) is 7.26. The van der Waals surface area contributed by atoms with E-state index in [0.717, 1.165) is 13.4 Å². The highest BCUT2D eigenvalue weighted by atomic mass is 79.9. The summed E-state index contributed by atoms with van der Waals surface area (Å²) in [7, 11) is 0. The summed E-state index contributed by atoms with van der Waals surface area (Å²) in [6.07, 6.45) is 1.36. The molecule has 1 fully saturated rings. The summed E-state index contributed by atoms with van der Waals surface area (Å²) in [5, 5.41) is 0. The molecule has 1 heterocycles. The molecule has 0 atom stereocenters. The van der Waals surface area contributed by atoms with Crippen molar-refractivity contribution in [1.82, 2.24) is 9.80 Å². The van der Waals surface area contributed by atoms with Crippen LogP contribution in [0.3, 0.4) is 0 Å². The minimum absolute atomic E-state index is 0.259. The summed E-state index contributed by atoms with van der Waals surface area (Å²) in [5.74, 6) is -0.606. The van der Waals surface area contributed by atoms with E-state index in [-0.39, 0.29) is 36.5 Å². The number of carbonyl (C=O) groups is 3. The number of carbonyl (C=O) groups excluding carboxylic acids is 3. The number of hydrogen-bond donors (Lipinski definition) is 0. The molecule has 1 aliphatic rings. The van der Waals surface area contributed by atoms with Gasteiger partial charge in [-0.3, -0.25) is 24.2 Å². The van der Waals surface area contributed by atoms with Crippen LogP contribution in [0.15, 0.2) is 98.1 Å². The zero-order chi connectivity index (χ0) is 23.5. The molecule has 2 amide bonds. The van der Waals surface area contributed by atoms with E-state index < -0.39 is 0 Å². The van der Waals surface area contributed by atoms with E-state index in [4.69, 9.17) is 0 Å². The van der Waals surface area contributed by atoms with Gasteiger partial charge in [-0.25, -0.2) is 0 Å². The normalized spacial score (nSPS) is 13.2. The van der Waals surface area contributed by atoms with Crippen LogP contribution in [0.1, 0.15) is 31.1 Å². The van der Waals surface area contributed by atoms with Crippen LogP contribution >= 0.6 is 47.8 Å². The Labute approximate surface area is 216 Å². The first-order chi connectivity index (χ1) is 15.8. The molecule has 0 aromatic heterocycles. The van der Waals surface area contributed by atoms with Gasteiger partial charge in [0, 0.05) is 49.3 Å². The molecule has 8 heteroatoms. The van der Waals surface area contributed by atoms with E-state index in [1.165, 1.54) is 15.9 Å². The summed E-state index contributed by atoms with van der Waals surface area (Å²) >= 11 is 10.2. The summed E-state index contributed by atoms with van der Waals surface area (Å²) in [5.41, 5.74) is 1.37. The van der Waals surface area contributed by atoms with Crippen molar-refractivity contribution in [2.45, 2.75) is 0 Å². The smallest absolute Gasteiger partial charge is 0.259 e. The number of nitrogens with zero attached hydrogens (tertiary/aromatic N) is 2. The topological polar surface area (TPSA) is 57.7 Å². The first-order valence-corrected chi connectivity index (χ1v) is 12.4. The lowest BCUT2D eigenvalue weighted by Gasteiger charge is -2.23. The zero-order valence-electron chi connectivity index (χ0n) is 17.2. The molecule has 5 nitrogen and oxygen atoms in total. The molecule has 3 aromatic carbocycles. The molecule has 1 saturated heterocycles. The third kappa shape index (κ3) is 5.34. The summed E-state index contributed by atoms with van der Waals surface area (Å²) in [6.45, 7) is 0.561. The highest BCUT2D eigenvalue weighted by Gasteiger charge is 2.35. The monoisotopic (exact) mass is 630 g/mol. The van der Waals surface area contributed by atoms with Crippen LogP contribution < -0.4 is 0 Å². The number of halogens is 3. The maximum atomic E-state index is 13.3. The molecule has 0 aliphatic carbocycles. The van der Waals surface area contributed by atoms with Crippen molar-refractivity contribution in [3.05, 3.63) is 115 Å². The van der Waals surface area contributed by atoms with Crippen molar-refractivity contribution < 1.29 is 14.4 Å². The Morgan fingerprint density at radius 1 is 0.636 bits per heavy atom. The second kappa shape index (κ2) is 10.2. The van der Waals surface area contributed by atoms with Crippen LogP contribution in [0.5, 0.6) is 0 Å². The van der Waals surface area contributed by atoms with E-state index >= 15 is 0 Å². The van der Waals surface area contributed by atoms with E-state index in [1.54, 1.807) is 54.6 Å². The Morgan fingerprint density at radius 3 is 1.45 bits per heavy atom. The van der Waals surface area contributed by atoms with E-state index in [0.29, 0.717) is 16.7 Å². The van der Waals surface area contributed by atoms with Crippen LogP contribution in [0.2, 0.25) is 0 Å². The lowest BCUT2D eigenvalue weighted by molar-refractivity contribution is 0.0780. The maximum absolute atomic E-state index is 13.3. The molecule has 1 aliphatic heterocycles. The summed E-state index contributed by atoms with van der Waals surface area (Å²) in [4.78, 5) is 42.7. The number of benzene rings is 3. The third-order valence-corrected chi connectivity index (χ3v) is 6.58. The van der Waals surface area contributed by atoms with Gasteiger partial charge in [0.05, 0.1) is 0 Å². The van der Waals surface area contributed by atoms with E-state index in [2.05, 4.69) is 47.8 Å². The average Bonchev–Trinajstić information content (AvgIpc) is 3.21. The molecular formula is C25H17Br3N2O3. The summed E-state index contributed by atoms with van der Waals surface area (Å²) < 4.78 is 2.30. The Bertz CT molecular complexity index is 1220. The number of allylic oxidation sites excluding steroid dienone is 1. The largest absolute Gasteiger partial charge is 0.292 e. The molecule has 4 rings (SSSR count). The maximum Gasteiger partial charge on any atom is 0.259 e. The van der Waals surface area contributed by atoms with Crippen LogP contribution in [0.25, 0.3) is 0 Å². The van der Waals surface area contributed by atoms with Gasteiger partial charge in [-0.15, -0.1) is 0 Å². The fourth-order valence-electron chi connectivity index (χ4n) is 3.54. The predicted molar refractivity (Wildman–Crippen MR) is 137 cm³/mol. The molecule has 0 bridgehead atoms. The van der Waals surface area contributed by atoms with Crippen LogP contribution in [0.4, 0.5) is 0 Å². The van der Waals surface area contributed by atoms with Gasteiger partial charge in [0.25, 0.3) is 11.8 Å². The van der Waals surface area contributed by atoms with Gasteiger partial charge in [0.15, 0.2) is 5.78 Å². The average molecular weight is 633 g/mol. The molecule has 166 valence electrons. The molecular weight excluding hydrogens is 616 g/mol. The Hall–Kier alpha value is -2.55.